The fraction of sp³-hybridized carbons (Fsp3) is 0.615. The lowest BCUT2D eigenvalue weighted by molar-refractivity contribution is -0.104. The fourth-order valence-corrected chi connectivity index (χ4v) is 3.91. The number of carbonyl (C=O) groups excluding carboxylic acids is 1. The summed E-state index contributed by atoms with van der Waals surface area (Å²) < 4.78 is 6.05. The second kappa shape index (κ2) is 3.96. The summed E-state index contributed by atoms with van der Waals surface area (Å²) in [4.78, 5) is 13.2. The van der Waals surface area contributed by atoms with Gasteiger partial charge in [0.2, 0.25) is 0 Å². The van der Waals surface area contributed by atoms with Gasteiger partial charge in [0.05, 0.1) is 21.8 Å². The maximum atomic E-state index is 12.1. The number of anilines is 1. The minimum atomic E-state index is -0.479. The Morgan fingerprint density at radius 1 is 1.33 bits per heavy atom. The Hall–Kier alpha value is -1.07. The van der Waals surface area contributed by atoms with E-state index in [0.717, 1.165) is 10.4 Å². The monoisotopic (exact) mass is 268 g/mol. The highest BCUT2D eigenvalue weighted by Crippen LogP contribution is 2.53. The van der Waals surface area contributed by atoms with E-state index in [0.29, 0.717) is 17.1 Å². The van der Waals surface area contributed by atoms with Crippen LogP contribution in [0.1, 0.15) is 55.4 Å². The van der Waals surface area contributed by atoms with Gasteiger partial charge in [-0.3, -0.25) is 4.79 Å². The Balaban J connectivity index is 2.62. The molecular formula is C13H20N2O2S. The summed E-state index contributed by atoms with van der Waals surface area (Å²) >= 11 is 1.46. The van der Waals surface area contributed by atoms with Crippen LogP contribution >= 0.6 is 11.3 Å². The molecule has 0 radical (unpaired) electrons. The second-order valence-corrected chi connectivity index (χ2v) is 6.58. The molecular weight excluding hydrogens is 248 g/mol. The molecule has 4 nitrogen and oxygen atoms in total. The van der Waals surface area contributed by atoms with Crippen LogP contribution in [0.15, 0.2) is 0 Å². The Bertz CT molecular complexity index is 503. The van der Waals surface area contributed by atoms with E-state index in [9.17, 15) is 4.79 Å². The minimum absolute atomic E-state index is 0.109. The minimum Gasteiger partial charge on any atom is -0.390 e. The summed E-state index contributed by atoms with van der Waals surface area (Å²) in [5, 5.41) is 3.39. The third-order valence-corrected chi connectivity index (χ3v) is 4.48. The summed E-state index contributed by atoms with van der Waals surface area (Å²) in [6.07, 6.45) is 0. The zero-order chi connectivity index (χ0) is 13.7. The lowest BCUT2D eigenvalue weighted by Crippen LogP contribution is -2.28. The van der Waals surface area contributed by atoms with Crippen molar-refractivity contribution in [3.05, 3.63) is 16.0 Å². The van der Waals surface area contributed by atoms with Crippen LogP contribution in [-0.4, -0.2) is 12.5 Å². The van der Waals surface area contributed by atoms with Crippen molar-refractivity contribution in [3.63, 3.8) is 0 Å². The van der Waals surface area contributed by atoms with Crippen molar-refractivity contribution in [2.45, 2.75) is 45.8 Å². The van der Waals surface area contributed by atoms with Crippen LogP contribution in [-0.2, 0) is 15.9 Å². The molecule has 0 bridgehead atoms. The first-order valence-corrected chi connectivity index (χ1v) is 6.94. The predicted octanol–water partition coefficient (Wildman–Crippen LogP) is 2.58. The molecule has 0 atom stereocenters. The molecule has 0 aromatic carbocycles. The van der Waals surface area contributed by atoms with Crippen LogP contribution in [0.5, 0.6) is 0 Å². The number of hydrogen-bond donors (Lipinski definition) is 2. The molecule has 2 rings (SSSR count). The van der Waals surface area contributed by atoms with E-state index in [4.69, 9.17) is 10.5 Å². The van der Waals surface area contributed by atoms with Crippen molar-refractivity contribution in [3.8, 4) is 0 Å². The van der Waals surface area contributed by atoms with Gasteiger partial charge < -0.3 is 15.8 Å². The van der Waals surface area contributed by atoms with E-state index in [1.54, 1.807) is 0 Å². The number of fused-ring (bicyclic) bond motifs is 1. The number of nitrogens with two attached hydrogens (primary N) is 1. The number of hydrogen-bond acceptors (Lipinski definition) is 4. The molecule has 1 aromatic rings. The molecule has 100 valence electrons. The summed E-state index contributed by atoms with van der Waals surface area (Å²) in [5.41, 5.74) is 6.70. The molecule has 0 aliphatic carbocycles. The smallest absolute Gasteiger partial charge is 0.254 e. The summed E-state index contributed by atoms with van der Waals surface area (Å²) in [6, 6.07) is 0. The van der Waals surface area contributed by atoms with Gasteiger partial charge in [-0.25, -0.2) is 0 Å². The van der Waals surface area contributed by atoms with Crippen LogP contribution in [0.3, 0.4) is 0 Å². The second-order valence-electron chi connectivity index (χ2n) is 5.53. The van der Waals surface area contributed by atoms with Crippen molar-refractivity contribution in [1.82, 2.24) is 5.32 Å². The van der Waals surface area contributed by atoms with E-state index < -0.39 is 5.60 Å². The number of nitrogen functional groups attached to an aromatic ring is 1. The number of ether oxygens (including phenoxy) is 1. The SMILES string of the molecule is CCNC(=O)c1c(N)sc2c1C(C)(C)OC2(C)C. The quantitative estimate of drug-likeness (QED) is 0.866. The number of nitrogens with one attached hydrogen (secondary N) is 1. The third kappa shape index (κ3) is 1.82. The molecule has 1 aliphatic heterocycles. The first-order chi connectivity index (χ1) is 8.20. The highest BCUT2D eigenvalue weighted by Gasteiger charge is 2.48. The maximum Gasteiger partial charge on any atom is 0.254 e. The normalized spacial score (nSPS) is 19.6. The van der Waals surface area contributed by atoms with Crippen LogP contribution in [0.2, 0.25) is 0 Å². The number of thiophene rings is 1. The lowest BCUT2D eigenvalue weighted by atomic mass is 9.93. The number of rotatable bonds is 2. The molecule has 5 heteroatoms. The molecule has 18 heavy (non-hydrogen) atoms. The standard InChI is InChI=1S/C13H20N2O2S/c1-6-15-11(16)7-8-9(18-10(7)14)13(4,5)17-12(8,2)3/h6,14H2,1-5H3,(H,15,16). The van der Waals surface area contributed by atoms with E-state index in [-0.39, 0.29) is 11.5 Å². The molecule has 1 amide bonds. The van der Waals surface area contributed by atoms with Crippen LogP contribution in [0.25, 0.3) is 0 Å². The summed E-state index contributed by atoms with van der Waals surface area (Å²) in [7, 11) is 0. The van der Waals surface area contributed by atoms with Crippen LogP contribution in [0.4, 0.5) is 5.00 Å². The van der Waals surface area contributed by atoms with Gasteiger partial charge in [-0.2, -0.15) is 0 Å². The zero-order valence-electron chi connectivity index (χ0n) is 11.5. The van der Waals surface area contributed by atoms with Gasteiger partial charge in [0.15, 0.2) is 0 Å². The third-order valence-electron chi connectivity index (χ3n) is 3.16. The molecule has 0 saturated heterocycles. The van der Waals surface area contributed by atoms with Crippen LogP contribution < -0.4 is 11.1 Å². The molecule has 1 aliphatic rings. The van der Waals surface area contributed by atoms with Gasteiger partial charge in [0.25, 0.3) is 5.91 Å². The van der Waals surface area contributed by atoms with Crippen molar-refractivity contribution in [2.24, 2.45) is 0 Å². The Labute approximate surface area is 112 Å². The maximum absolute atomic E-state index is 12.1. The van der Waals surface area contributed by atoms with Gasteiger partial charge in [-0.15, -0.1) is 11.3 Å². The summed E-state index contributed by atoms with van der Waals surface area (Å²) in [6.45, 7) is 10.5. The van der Waals surface area contributed by atoms with Crippen molar-refractivity contribution in [1.29, 1.82) is 0 Å². The highest BCUT2D eigenvalue weighted by molar-refractivity contribution is 7.16. The van der Waals surface area contributed by atoms with Crippen molar-refractivity contribution >= 4 is 22.2 Å². The first-order valence-electron chi connectivity index (χ1n) is 6.12. The zero-order valence-corrected chi connectivity index (χ0v) is 12.3. The highest BCUT2D eigenvalue weighted by atomic mass is 32.1. The van der Waals surface area contributed by atoms with Gasteiger partial charge in [-0.05, 0) is 34.6 Å². The average molecular weight is 268 g/mol. The molecule has 1 aromatic heterocycles. The van der Waals surface area contributed by atoms with E-state index >= 15 is 0 Å². The molecule has 2 heterocycles. The van der Waals surface area contributed by atoms with Crippen LogP contribution in [0, 0.1) is 0 Å². The van der Waals surface area contributed by atoms with Gasteiger partial charge in [-0.1, -0.05) is 0 Å². The number of amides is 1. The Kier molecular flexibility index (Phi) is 2.94. The molecule has 0 saturated carbocycles. The fourth-order valence-electron chi connectivity index (χ4n) is 2.66. The van der Waals surface area contributed by atoms with Crippen molar-refractivity contribution in [2.75, 3.05) is 12.3 Å². The first kappa shape index (κ1) is 13.4. The molecule has 0 spiro atoms. The average Bonchev–Trinajstić information content (AvgIpc) is 2.62. The number of carbonyl (C=O) groups is 1. The summed E-state index contributed by atoms with van der Waals surface area (Å²) in [5.74, 6) is -0.109. The largest absolute Gasteiger partial charge is 0.390 e. The Morgan fingerprint density at radius 3 is 2.50 bits per heavy atom. The van der Waals surface area contributed by atoms with E-state index in [1.807, 2.05) is 34.6 Å². The van der Waals surface area contributed by atoms with Gasteiger partial charge in [0.1, 0.15) is 0 Å². The van der Waals surface area contributed by atoms with Crippen molar-refractivity contribution < 1.29 is 9.53 Å². The van der Waals surface area contributed by atoms with Gasteiger partial charge >= 0.3 is 0 Å². The van der Waals surface area contributed by atoms with Gasteiger partial charge in [0, 0.05) is 17.0 Å². The lowest BCUT2D eigenvalue weighted by Gasteiger charge is -2.26. The molecule has 3 N–H and O–H groups in total. The molecule has 0 unspecified atom stereocenters. The van der Waals surface area contributed by atoms with E-state index in [1.165, 1.54) is 11.3 Å². The topological polar surface area (TPSA) is 64.4 Å². The Morgan fingerprint density at radius 2 is 1.94 bits per heavy atom. The van der Waals surface area contributed by atoms with E-state index in [2.05, 4.69) is 5.32 Å². The predicted molar refractivity (Wildman–Crippen MR) is 73.9 cm³/mol. The molecule has 0 fully saturated rings.